The first-order valence-electron chi connectivity index (χ1n) is 11.1. The van der Waals surface area contributed by atoms with Gasteiger partial charge in [-0.2, -0.15) is 0 Å². The summed E-state index contributed by atoms with van der Waals surface area (Å²) >= 11 is 0. The van der Waals surface area contributed by atoms with E-state index in [1.165, 1.54) is 5.56 Å². The number of hydrogen-bond acceptors (Lipinski definition) is 4. The van der Waals surface area contributed by atoms with E-state index in [4.69, 9.17) is 4.74 Å². The van der Waals surface area contributed by atoms with Crippen LogP contribution in [0.5, 0.6) is 5.75 Å². The van der Waals surface area contributed by atoms with E-state index in [0.717, 1.165) is 16.7 Å². The van der Waals surface area contributed by atoms with Crippen molar-refractivity contribution in [2.75, 3.05) is 12.4 Å². The Bertz CT molecular complexity index is 1130. The first kappa shape index (κ1) is 22.6. The SMILES string of the molecule is COc1cc(C)ccc1NC(=O)C(Cc1ccccc1)NC(=O)C1Cc2ccccc2CN1. The Balaban J connectivity index is 1.51. The van der Waals surface area contributed by atoms with Crippen molar-refractivity contribution in [1.29, 1.82) is 0 Å². The van der Waals surface area contributed by atoms with Crippen LogP contribution in [0.25, 0.3) is 0 Å². The minimum Gasteiger partial charge on any atom is -0.495 e. The molecule has 1 heterocycles. The molecule has 0 saturated heterocycles. The fourth-order valence-corrected chi connectivity index (χ4v) is 4.09. The number of hydrogen-bond donors (Lipinski definition) is 3. The highest BCUT2D eigenvalue weighted by Gasteiger charge is 2.28. The number of nitrogens with one attached hydrogen (secondary N) is 3. The molecule has 2 unspecified atom stereocenters. The standard InChI is InChI=1S/C27H29N3O3/c1-18-12-13-22(25(14-18)33-2)29-27(32)24(15-19-8-4-3-5-9-19)30-26(31)23-16-20-10-6-7-11-21(20)17-28-23/h3-14,23-24,28H,15-17H2,1-2H3,(H,29,32)(H,30,31). The molecule has 1 aliphatic heterocycles. The van der Waals surface area contributed by atoms with E-state index in [-0.39, 0.29) is 17.9 Å². The molecular formula is C27H29N3O3. The number of fused-ring (bicyclic) bond motifs is 1. The van der Waals surface area contributed by atoms with Gasteiger partial charge in [0.15, 0.2) is 0 Å². The van der Waals surface area contributed by atoms with Crippen molar-refractivity contribution < 1.29 is 14.3 Å². The Labute approximate surface area is 194 Å². The van der Waals surface area contributed by atoms with Crippen molar-refractivity contribution in [2.24, 2.45) is 0 Å². The molecule has 0 radical (unpaired) electrons. The van der Waals surface area contributed by atoms with Crippen LogP contribution < -0.4 is 20.7 Å². The van der Waals surface area contributed by atoms with Crippen LogP contribution >= 0.6 is 0 Å². The molecule has 33 heavy (non-hydrogen) atoms. The Morgan fingerprint density at radius 1 is 1.03 bits per heavy atom. The molecule has 0 spiro atoms. The summed E-state index contributed by atoms with van der Waals surface area (Å²) in [7, 11) is 1.57. The molecule has 4 rings (SSSR count). The van der Waals surface area contributed by atoms with E-state index >= 15 is 0 Å². The Morgan fingerprint density at radius 2 is 1.76 bits per heavy atom. The summed E-state index contributed by atoms with van der Waals surface area (Å²) < 4.78 is 5.42. The van der Waals surface area contributed by atoms with E-state index in [1.54, 1.807) is 7.11 Å². The highest BCUT2D eigenvalue weighted by atomic mass is 16.5. The zero-order chi connectivity index (χ0) is 23.2. The van der Waals surface area contributed by atoms with Crippen molar-refractivity contribution in [1.82, 2.24) is 10.6 Å². The van der Waals surface area contributed by atoms with Crippen molar-refractivity contribution in [3.63, 3.8) is 0 Å². The van der Waals surface area contributed by atoms with Crippen molar-refractivity contribution in [3.8, 4) is 5.75 Å². The number of carbonyl (C=O) groups is 2. The minimum atomic E-state index is -0.732. The number of aryl methyl sites for hydroxylation is 1. The monoisotopic (exact) mass is 443 g/mol. The van der Waals surface area contributed by atoms with Gasteiger partial charge in [-0.05, 0) is 47.7 Å². The third kappa shape index (κ3) is 5.59. The van der Waals surface area contributed by atoms with Crippen molar-refractivity contribution in [2.45, 2.75) is 38.4 Å². The molecule has 0 saturated carbocycles. The molecule has 3 aromatic carbocycles. The van der Waals surface area contributed by atoms with E-state index in [9.17, 15) is 9.59 Å². The summed E-state index contributed by atoms with van der Waals surface area (Å²) in [4.78, 5) is 26.4. The maximum absolute atomic E-state index is 13.3. The van der Waals surface area contributed by atoms with E-state index in [0.29, 0.717) is 30.8 Å². The molecule has 2 atom stereocenters. The Hall–Kier alpha value is -3.64. The van der Waals surface area contributed by atoms with E-state index in [1.807, 2.05) is 73.7 Å². The number of amides is 2. The van der Waals surface area contributed by atoms with E-state index < -0.39 is 6.04 Å². The van der Waals surface area contributed by atoms with Crippen molar-refractivity contribution in [3.05, 3.63) is 95.1 Å². The molecule has 0 bridgehead atoms. The number of anilines is 1. The summed E-state index contributed by atoms with van der Waals surface area (Å²) in [5.41, 5.74) is 4.93. The fraction of sp³-hybridized carbons (Fsp3) is 0.259. The van der Waals surface area contributed by atoms with Crippen LogP contribution in [0.2, 0.25) is 0 Å². The zero-order valence-corrected chi connectivity index (χ0v) is 18.9. The van der Waals surface area contributed by atoms with Crippen LogP contribution in [0.4, 0.5) is 5.69 Å². The largest absolute Gasteiger partial charge is 0.495 e. The molecule has 170 valence electrons. The van der Waals surface area contributed by atoms with Gasteiger partial charge in [0.1, 0.15) is 11.8 Å². The predicted molar refractivity (Wildman–Crippen MR) is 129 cm³/mol. The van der Waals surface area contributed by atoms with Gasteiger partial charge < -0.3 is 20.7 Å². The number of rotatable bonds is 7. The molecule has 2 amide bonds. The summed E-state index contributed by atoms with van der Waals surface area (Å²) in [6.07, 6.45) is 0.976. The summed E-state index contributed by atoms with van der Waals surface area (Å²) in [6, 6.07) is 22.3. The third-order valence-corrected chi connectivity index (χ3v) is 5.93. The topological polar surface area (TPSA) is 79.5 Å². The molecule has 1 aliphatic rings. The van der Waals surface area contributed by atoms with Gasteiger partial charge in [-0.15, -0.1) is 0 Å². The lowest BCUT2D eigenvalue weighted by Crippen LogP contribution is -2.53. The molecule has 6 nitrogen and oxygen atoms in total. The zero-order valence-electron chi connectivity index (χ0n) is 18.9. The first-order chi connectivity index (χ1) is 16.0. The highest BCUT2D eigenvalue weighted by molar-refractivity contribution is 5.99. The fourth-order valence-electron chi connectivity index (χ4n) is 4.09. The first-order valence-corrected chi connectivity index (χ1v) is 11.1. The van der Waals surface area contributed by atoms with Crippen LogP contribution in [0.1, 0.15) is 22.3 Å². The van der Waals surface area contributed by atoms with Crippen LogP contribution in [-0.2, 0) is 29.0 Å². The molecular weight excluding hydrogens is 414 g/mol. The average molecular weight is 444 g/mol. The van der Waals surface area contributed by atoms with Crippen LogP contribution in [0.15, 0.2) is 72.8 Å². The molecule has 0 aromatic heterocycles. The van der Waals surface area contributed by atoms with Crippen molar-refractivity contribution >= 4 is 17.5 Å². The highest BCUT2D eigenvalue weighted by Crippen LogP contribution is 2.25. The van der Waals surface area contributed by atoms with Crippen LogP contribution in [0, 0.1) is 6.92 Å². The minimum absolute atomic E-state index is 0.184. The lowest BCUT2D eigenvalue weighted by atomic mass is 9.95. The second-order valence-electron chi connectivity index (χ2n) is 8.35. The number of methoxy groups -OCH3 is 1. The van der Waals surface area contributed by atoms with Gasteiger partial charge >= 0.3 is 0 Å². The van der Waals surface area contributed by atoms with Crippen LogP contribution in [-0.4, -0.2) is 31.0 Å². The van der Waals surface area contributed by atoms with Gasteiger partial charge in [-0.1, -0.05) is 60.7 Å². The smallest absolute Gasteiger partial charge is 0.247 e. The molecule has 3 aromatic rings. The number of ether oxygens (including phenoxy) is 1. The van der Waals surface area contributed by atoms with Gasteiger partial charge in [0.25, 0.3) is 0 Å². The van der Waals surface area contributed by atoms with Gasteiger partial charge in [0.2, 0.25) is 11.8 Å². The van der Waals surface area contributed by atoms with Gasteiger partial charge in [-0.3, -0.25) is 9.59 Å². The lowest BCUT2D eigenvalue weighted by molar-refractivity contribution is -0.128. The second kappa shape index (κ2) is 10.3. The third-order valence-electron chi connectivity index (χ3n) is 5.93. The number of benzene rings is 3. The van der Waals surface area contributed by atoms with Gasteiger partial charge in [0, 0.05) is 13.0 Å². The summed E-state index contributed by atoms with van der Waals surface area (Å²) in [5, 5.41) is 9.21. The van der Waals surface area contributed by atoms with Crippen LogP contribution in [0.3, 0.4) is 0 Å². The van der Waals surface area contributed by atoms with Gasteiger partial charge in [0.05, 0.1) is 18.8 Å². The summed E-state index contributed by atoms with van der Waals surface area (Å²) in [6.45, 7) is 2.59. The average Bonchev–Trinajstić information content (AvgIpc) is 2.84. The quantitative estimate of drug-likeness (QED) is 0.523. The molecule has 0 fully saturated rings. The molecule has 0 aliphatic carbocycles. The second-order valence-corrected chi connectivity index (χ2v) is 8.35. The summed E-state index contributed by atoms with van der Waals surface area (Å²) in [5.74, 6) is 0.112. The molecule has 6 heteroatoms. The number of carbonyl (C=O) groups excluding carboxylic acids is 2. The maximum Gasteiger partial charge on any atom is 0.247 e. The van der Waals surface area contributed by atoms with E-state index in [2.05, 4.69) is 22.0 Å². The lowest BCUT2D eigenvalue weighted by Gasteiger charge is -2.27. The normalized spacial score (nSPS) is 15.8. The molecule has 3 N–H and O–H groups in total. The predicted octanol–water partition coefficient (Wildman–Crippen LogP) is 3.38. The maximum atomic E-state index is 13.3. The Kier molecular flexibility index (Phi) is 7.05. The van der Waals surface area contributed by atoms with Gasteiger partial charge in [-0.25, -0.2) is 0 Å². The Morgan fingerprint density at radius 3 is 2.52 bits per heavy atom.